The van der Waals surface area contributed by atoms with E-state index in [4.69, 9.17) is 0 Å². The van der Waals surface area contributed by atoms with Crippen molar-refractivity contribution in [2.24, 2.45) is 5.41 Å². The second-order valence-electron chi connectivity index (χ2n) is 7.98. The van der Waals surface area contributed by atoms with E-state index in [2.05, 4.69) is 30.4 Å². The lowest BCUT2D eigenvalue weighted by molar-refractivity contribution is 0.150. The molecular weight excluding hydrogens is 346 g/mol. The molecule has 2 aromatic rings. The summed E-state index contributed by atoms with van der Waals surface area (Å²) in [5, 5.41) is 19.9. The van der Waals surface area contributed by atoms with Crippen LogP contribution in [0.4, 0.5) is 22.4 Å². The first-order valence-corrected chi connectivity index (χ1v) is 9.48. The summed E-state index contributed by atoms with van der Waals surface area (Å²) in [6.07, 6.45) is 5.28. The lowest BCUT2D eigenvalue weighted by Crippen LogP contribution is -2.33. The van der Waals surface area contributed by atoms with Crippen molar-refractivity contribution in [3.8, 4) is 0 Å². The number of aromatic nitrogens is 4. The summed E-state index contributed by atoms with van der Waals surface area (Å²) in [5.41, 5.74) is 1.21. The van der Waals surface area contributed by atoms with Gasteiger partial charge in [-0.3, -0.25) is 5.10 Å². The van der Waals surface area contributed by atoms with E-state index >= 15 is 0 Å². The van der Waals surface area contributed by atoms with Crippen molar-refractivity contribution in [3.63, 3.8) is 0 Å². The molecule has 142 valence electrons. The van der Waals surface area contributed by atoms with Crippen molar-refractivity contribution in [2.75, 3.05) is 36.4 Å². The Bertz CT molecular complexity index is 865. The summed E-state index contributed by atoms with van der Waals surface area (Å²) < 4.78 is 0. The van der Waals surface area contributed by atoms with Crippen molar-refractivity contribution in [2.45, 2.75) is 31.6 Å². The summed E-state index contributed by atoms with van der Waals surface area (Å²) in [7, 11) is 0. The summed E-state index contributed by atoms with van der Waals surface area (Å²) in [6, 6.07) is 3.88. The molecule has 3 aliphatic rings. The first-order valence-electron chi connectivity index (χ1n) is 9.48. The number of hydrogen-bond donors (Lipinski definition) is 3. The first kappa shape index (κ1) is 16.3. The smallest absolute Gasteiger partial charge is 0.407 e. The molecule has 1 aliphatic carbocycles. The second kappa shape index (κ2) is 6.11. The van der Waals surface area contributed by atoms with Gasteiger partial charge < -0.3 is 20.2 Å². The number of hydrogen-bond acceptors (Lipinski definition) is 6. The van der Waals surface area contributed by atoms with Crippen molar-refractivity contribution in [3.05, 3.63) is 24.0 Å². The number of carbonyl (C=O) groups is 1. The van der Waals surface area contributed by atoms with Crippen LogP contribution < -0.4 is 10.2 Å². The molecule has 2 saturated heterocycles. The van der Waals surface area contributed by atoms with Crippen LogP contribution in [-0.2, 0) is 0 Å². The SMILES string of the molecule is O=C(O)N1CCC2(CCN(c3nccc(Nc4cc(C5CC5)[nH]n4)n3)C2)C1. The minimum atomic E-state index is -0.822. The number of likely N-dealkylation sites (tertiary alicyclic amines) is 1. The Morgan fingerprint density at radius 3 is 2.89 bits per heavy atom. The largest absolute Gasteiger partial charge is 0.465 e. The van der Waals surface area contributed by atoms with Crippen LogP contribution in [0.1, 0.15) is 37.3 Å². The molecule has 3 N–H and O–H groups in total. The average molecular weight is 369 g/mol. The number of rotatable bonds is 4. The highest BCUT2D eigenvalue weighted by Crippen LogP contribution is 2.41. The van der Waals surface area contributed by atoms with Gasteiger partial charge in [0.05, 0.1) is 0 Å². The highest BCUT2D eigenvalue weighted by Gasteiger charge is 2.45. The van der Waals surface area contributed by atoms with Gasteiger partial charge in [-0.25, -0.2) is 9.78 Å². The molecule has 9 nitrogen and oxygen atoms in total. The highest BCUT2D eigenvalue weighted by atomic mass is 16.4. The Morgan fingerprint density at radius 2 is 2.11 bits per heavy atom. The van der Waals surface area contributed by atoms with Crippen LogP contribution in [0.25, 0.3) is 0 Å². The standard InChI is InChI=1S/C18H23N7O2/c26-17(27)25-8-5-18(11-25)4-7-24(10-18)16-19-6-3-14(21-16)20-15-9-13(22-23-15)12-1-2-12/h3,6,9,12H,1-2,4-5,7-8,10-11H2,(H,26,27)(H2,19,20,21,22,23). The van der Waals surface area contributed by atoms with Crippen molar-refractivity contribution in [1.29, 1.82) is 0 Å². The molecule has 3 fully saturated rings. The van der Waals surface area contributed by atoms with E-state index in [1.165, 1.54) is 23.4 Å². The van der Waals surface area contributed by atoms with Gasteiger partial charge >= 0.3 is 6.09 Å². The zero-order valence-electron chi connectivity index (χ0n) is 15.1. The maximum atomic E-state index is 11.2. The van der Waals surface area contributed by atoms with Crippen LogP contribution in [0.3, 0.4) is 0 Å². The molecule has 0 aromatic carbocycles. The Labute approximate surface area is 156 Å². The zero-order valence-corrected chi connectivity index (χ0v) is 15.1. The molecule has 0 radical (unpaired) electrons. The van der Waals surface area contributed by atoms with Crippen molar-refractivity contribution >= 4 is 23.7 Å². The van der Waals surface area contributed by atoms with Gasteiger partial charge in [0, 0.05) is 55.5 Å². The van der Waals surface area contributed by atoms with Crippen LogP contribution in [0.5, 0.6) is 0 Å². The first-order chi connectivity index (χ1) is 13.1. The van der Waals surface area contributed by atoms with Crippen molar-refractivity contribution < 1.29 is 9.90 Å². The number of nitrogens with zero attached hydrogens (tertiary/aromatic N) is 5. The fourth-order valence-corrected chi connectivity index (χ4v) is 4.24. The van der Waals surface area contributed by atoms with E-state index in [1.807, 2.05) is 12.1 Å². The van der Waals surface area contributed by atoms with Gasteiger partial charge in [0.1, 0.15) is 5.82 Å². The van der Waals surface area contributed by atoms with Gasteiger partial charge in [-0.15, -0.1) is 0 Å². The molecule has 1 spiro atoms. The molecule has 1 unspecified atom stereocenters. The molecule has 9 heteroatoms. The quantitative estimate of drug-likeness (QED) is 0.759. The van der Waals surface area contributed by atoms with Gasteiger partial charge in [0.15, 0.2) is 5.82 Å². The maximum Gasteiger partial charge on any atom is 0.407 e. The van der Waals surface area contributed by atoms with E-state index < -0.39 is 6.09 Å². The summed E-state index contributed by atoms with van der Waals surface area (Å²) >= 11 is 0. The number of aromatic amines is 1. The summed E-state index contributed by atoms with van der Waals surface area (Å²) in [5.74, 6) is 2.80. The van der Waals surface area contributed by atoms with Crippen LogP contribution in [0.2, 0.25) is 0 Å². The molecular formula is C18H23N7O2. The average Bonchev–Trinajstić information content (AvgIpc) is 3.08. The predicted octanol–water partition coefficient (Wildman–Crippen LogP) is 2.40. The van der Waals surface area contributed by atoms with Crippen LogP contribution in [0, 0.1) is 5.41 Å². The Morgan fingerprint density at radius 1 is 1.26 bits per heavy atom. The Hall–Kier alpha value is -2.84. The third-order valence-corrected chi connectivity index (χ3v) is 5.94. The third-order valence-electron chi connectivity index (χ3n) is 5.94. The van der Waals surface area contributed by atoms with E-state index in [0.29, 0.717) is 30.8 Å². The Kier molecular flexibility index (Phi) is 3.70. The molecule has 1 atom stereocenters. The highest BCUT2D eigenvalue weighted by molar-refractivity contribution is 5.65. The van der Waals surface area contributed by atoms with Gasteiger partial charge in [0.2, 0.25) is 5.95 Å². The predicted molar refractivity (Wildman–Crippen MR) is 99.4 cm³/mol. The number of nitrogens with one attached hydrogen (secondary N) is 2. The van der Waals surface area contributed by atoms with Crippen LogP contribution in [-0.4, -0.2) is 62.4 Å². The lowest BCUT2D eigenvalue weighted by atomic mass is 9.86. The zero-order chi connectivity index (χ0) is 18.4. The summed E-state index contributed by atoms with van der Waals surface area (Å²) in [4.78, 5) is 24.0. The normalized spacial score (nSPS) is 24.7. The Balaban J connectivity index is 1.27. The van der Waals surface area contributed by atoms with E-state index in [-0.39, 0.29) is 5.41 Å². The van der Waals surface area contributed by atoms with Gasteiger partial charge in [-0.1, -0.05) is 0 Å². The lowest BCUT2D eigenvalue weighted by Gasteiger charge is -2.23. The van der Waals surface area contributed by atoms with E-state index in [0.717, 1.165) is 31.7 Å². The fraction of sp³-hybridized carbons (Fsp3) is 0.556. The monoisotopic (exact) mass is 369 g/mol. The molecule has 1 saturated carbocycles. The van der Waals surface area contributed by atoms with E-state index in [9.17, 15) is 9.90 Å². The summed E-state index contributed by atoms with van der Waals surface area (Å²) in [6.45, 7) is 2.88. The molecule has 2 aliphatic heterocycles. The molecule has 0 bridgehead atoms. The van der Waals surface area contributed by atoms with E-state index in [1.54, 1.807) is 6.20 Å². The van der Waals surface area contributed by atoms with Gasteiger partial charge in [-0.2, -0.15) is 10.1 Å². The van der Waals surface area contributed by atoms with Gasteiger partial charge in [-0.05, 0) is 31.7 Å². The van der Waals surface area contributed by atoms with Crippen LogP contribution >= 0.6 is 0 Å². The molecule has 4 heterocycles. The van der Waals surface area contributed by atoms with Crippen LogP contribution in [0.15, 0.2) is 18.3 Å². The molecule has 27 heavy (non-hydrogen) atoms. The molecule has 5 rings (SSSR count). The second-order valence-corrected chi connectivity index (χ2v) is 7.98. The number of carboxylic acid groups (broad SMARTS) is 1. The minimum Gasteiger partial charge on any atom is -0.465 e. The topological polar surface area (TPSA) is 110 Å². The van der Waals surface area contributed by atoms with Gasteiger partial charge in [0.25, 0.3) is 0 Å². The molecule has 2 aromatic heterocycles. The third kappa shape index (κ3) is 3.17. The fourth-order valence-electron chi connectivity index (χ4n) is 4.24. The van der Waals surface area contributed by atoms with Crippen molar-refractivity contribution in [1.82, 2.24) is 25.1 Å². The minimum absolute atomic E-state index is 0.0343. The molecule has 1 amide bonds. The maximum absolute atomic E-state index is 11.2. The number of anilines is 3. The number of H-pyrrole nitrogens is 1. The number of amides is 1.